The molecule has 0 saturated heterocycles. The quantitative estimate of drug-likeness (QED) is 0.692. The number of aromatic nitrogens is 1. The van der Waals surface area contributed by atoms with Gasteiger partial charge < -0.3 is 9.88 Å². The van der Waals surface area contributed by atoms with Crippen LogP contribution in [-0.2, 0) is 6.54 Å². The second-order valence-electron chi connectivity index (χ2n) is 4.00. The monoisotopic (exact) mass is 286 g/mol. The Morgan fingerprint density at radius 2 is 1.70 bits per heavy atom. The molecule has 0 radical (unpaired) electrons. The third-order valence-electron chi connectivity index (χ3n) is 2.67. The molecular formula is C13H10F4N2O. The molecule has 106 valence electrons. The van der Waals surface area contributed by atoms with E-state index >= 15 is 0 Å². The van der Waals surface area contributed by atoms with E-state index in [0.29, 0.717) is 0 Å². The smallest absolute Gasteiger partial charge is 0.250 e. The summed E-state index contributed by atoms with van der Waals surface area (Å²) in [4.78, 5) is 11.4. The minimum atomic E-state index is -1.50. The van der Waals surface area contributed by atoms with Gasteiger partial charge in [-0.2, -0.15) is 0 Å². The minimum Gasteiger partial charge on any atom is -0.378 e. The van der Waals surface area contributed by atoms with Crippen LogP contribution in [0.2, 0.25) is 0 Å². The second-order valence-corrected chi connectivity index (χ2v) is 4.00. The SMILES string of the molecule is O=c1ccccn1CCNc1c(F)c(F)cc(F)c1F. The van der Waals surface area contributed by atoms with E-state index in [2.05, 4.69) is 5.32 Å². The third-order valence-corrected chi connectivity index (χ3v) is 2.67. The summed E-state index contributed by atoms with van der Waals surface area (Å²) in [7, 11) is 0. The first-order chi connectivity index (χ1) is 9.50. The Bertz CT molecular complexity index is 658. The molecule has 3 nitrogen and oxygen atoms in total. The Kier molecular flexibility index (Phi) is 4.07. The van der Waals surface area contributed by atoms with Crippen molar-refractivity contribution < 1.29 is 17.6 Å². The minimum absolute atomic E-state index is 0.0688. The number of hydrogen-bond donors (Lipinski definition) is 1. The molecule has 2 aromatic rings. The van der Waals surface area contributed by atoms with Crippen molar-refractivity contribution in [3.63, 3.8) is 0 Å². The van der Waals surface area contributed by atoms with Crippen molar-refractivity contribution in [3.8, 4) is 0 Å². The molecule has 0 saturated carbocycles. The molecule has 1 aromatic heterocycles. The Hall–Kier alpha value is -2.31. The standard InChI is InChI=1S/C13H10F4N2O/c14-8-7-9(15)12(17)13(11(8)16)18-4-6-19-5-2-1-3-10(19)20/h1-3,5,7,18H,4,6H2. The van der Waals surface area contributed by atoms with Crippen molar-refractivity contribution in [3.05, 3.63) is 64.1 Å². The summed E-state index contributed by atoms with van der Waals surface area (Å²) in [5, 5.41) is 2.25. The van der Waals surface area contributed by atoms with Gasteiger partial charge in [0.05, 0.1) is 0 Å². The van der Waals surface area contributed by atoms with Gasteiger partial charge in [0.1, 0.15) is 5.69 Å². The van der Waals surface area contributed by atoms with Crippen molar-refractivity contribution in [1.82, 2.24) is 4.57 Å². The van der Waals surface area contributed by atoms with Gasteiger partial charge in [-0.25, -0.2) is 17.6 Å². The zero-order chi connectivity index (χ0) is 14.7. The zero-order valence-electron chi connectivity index (χ0n) is 10.2. The van der Waals surface area contributed by atoms with E-state index in [9.17, 15) is 22.4 Å². The van der Waals surface area contributed by atoms with Gasteiger partial charge in [0.15, 0.2) is 23.3 Å². The highest BCUT2D eigenvalue weighted by Gasteiger charge is 2.18. The maximum absolute atomic E-state index is 13.3. The highest BCUT2D eigenvalue weighted by Crippen LogP contribution is 2.23. The van der Waals surface area contributed by atoms with Crippen LogP contribution in [0.1, 0.15) is 0 Å². The highest BCUT2D eigenvalue weighted by atomic mass is 19.2. The van der Waals surface area contributed by atoms with E-state index in [-0.39, 0.29) is 24.7 Å². The maximum atomic E-state index is 13.3. The van der Waals surface area contributed by atoms with E-state index in [1.807, 2.05) is 0 Å². The van der Waals surface area contributed by atoms with E-state index in [4.69, 9.17) is 0 Å². The largest absolute Gasteiger partial charge is 0.378 e. The number of halogens is 4. The van der Waals surface area contributed by atoms with Crippen LogP contribution in [0, 0.1) is 23.3 Å². The fraction of sp³-hybridized carbons (Fsp3) is 0.154. The van der Waals surface area contributed by atoms with Crippen LogP contribution in [0.4, 0.5) is 23.2 Å². The molecule has 2 rings (SSSR count). The van der Waals surface area contributed by atoms with Gasteiger partial charge >= 0.3 is 0 Å². The van der Waals surface area contributed by atoms with E-state index in [1.165, 1.54) is 16.8 Å². The van der Waals surface area contributed by atoms with Crippen LogP contribution in [-0.4, -0.2) is 11.1 Å². The van der Waals surface area contributed by atoms with E-state index < -0.39 is 29.0 Å². The molecule has 0 atom stereocenters. The first-order valence-electron chi connectivity index (χ1n) is 5.73. The van der Waals surface area contributed by atoms with Gasteiger partial charge in [0, 0.05) is 31.4 Å². The molecule has 0 unspecified atom stereocenters. The van der Waals surface area contributed by atoms with Crippen molar-refractivity contribution in [2.45, 2.75) is 6.54 Å². The van der Waals surface area contributed by atoms with Crippen LogP contribution >= 0.6 is 0 Å². The Morgan fingerprint density at radius 1 is 1.05 bits per heavy atom. The molecule has 1 heterocycles. The van der Waals surface area contributed by atoms with Crippen LogP contribution < -0.4 is 10.9 Å². The molecule has 0 aliphatic carbocycles. The Labute approximate surface area is 111 Å². The second kappa shape index (κ2) is 5.77. The first kappa shape index (κ1) is 14.1. The summed E-state index contributed by atoms with van der Waals surface area (Å²) in [6, 6.07) is 4.62. The number of pyridine rings is 1. The van der Waals surface area contributed by atoms with Gasteiger partial charge in [-0.3, -0.25) is 4.79 Å². The molecule has 0 spiro atoms. The fourth-order valence-corrected chi connectivity index (χ4v) is 1.68. The van der Waals surface area contributed by atoms with E-state index in [0.717, 1.165) is 0 Å². The number of hydrogen-bond acceptors (Lipinski definition) is 2. The lowest BCUT2D eigenvalue weighted by atomic mass is 10.2. The summed E-state index contributed by atoms with van der Waals surface area (Å²) < 4.78 is 53.9. The summed E-state index contributed by atoms with van der Waals surface area (Å²) in [5.41, 5.74) is -1.17. The molecule has 20 heavy (non-hydrogen) atoms. The average molecular weight is 286 g/mol. The van der Waals surface area contributed by atoms with Gasteiger partial charge in [0.2, 0.25) is 0 Å². The fourth-order valence-electron chi connectivity index (χ4n) is 1.68. The third kappa shape index (κ3) is 2.81. The van der Waals surface area contributed by atoms with Crippen LogP contribution in [0.3, 0.4) is 0 Å². The molecule has 0 aliphatic rings. The zero-order valence-corrected chi connectivity index (χ0v) is 10.2. The molecule has 7 heteroatoms. The number of anilines is 1. The number of benzene rings is 1. The molecule has 1 N–H and O–H groups in total. The topological polar surface area (TPSA) is 34.0 Å². The lowest BCUT2D eigenvalue weighted by Crippen LogP contribution is -2.22. The molecular weight excluding hydrogens is 276 g/mol. The Morgan fingerprint density at radius 3 is 2.30 bits per heavy atom. The predicted molar refractivity (Wildman–Crippen MR) is 65.5 cm³/mol. The van der Waals surface area contributed by atoms with Gasteiger partial charge in [-0.05, 0) is 6.07 Å². The summed E-state index contributed by atoms with van der Waals surface area (Å²) in [6.45, 7) is 0.0251. The van der Waals surface area contributed by atoms with Gasteiger partial charge in [-0.1, -0.05) is 6.07 Å². The van der Waals surface area contributed by atoms with Crippen molar-refractivity contribution >= 4 is 5.69 Å². The molecule has 0 amide bonds. The molecule has 0 bridgehead atoms. The van der Waals surface area contributed by atoms with Crippen molar-refractivity contribution in [1.29, 1.82) is 0 Å². The van der Waals surface area contributed by atoms with E-state index in [1.54, 1.807) is 12.1 Å². The van der Waals surface area contributed by atoms with Crippen LogP contribution in [0.15, 0.2) is 35.3 Å². The van der Waals surface area contributed by atoms with Crippen LogP contribution in [0.25, 0.3) is 0 Å². The van der Waals surface area contributed by atoms with Crippen molar-refractivity contribution in [2.75, 3.05) is 11.9 Å². The van der Waals surface area contributed by atoms with Crippen LogP contribution in [0.5, 0.6) is 0 Å². The number of nitrogens with one attached hydrogen (secondary N) is 1. The number of rotatable bonds is 4. The maximum Gasteiger partial charge on any atom is 0.250 e. The van der Waals surface area contributed by atoms with Crippen molar-refractivity contribution in [2.24, 2.45) is 0 Å². The summed E-state index contributed by atoms with van der Waals surface area (Å²) >= 11 is 0. The molecule has 0 aliphatic heterocycles. The molecule has 0 fully saturated rings. The Balaban J connectivity index is 2.13. The summed E-state index contributed by atoms with van der Waals surface area (Å²) in [5.74, 6) is -5.96. The molecule has 1 aromatic carbocycles. The average Bonchev–Trinajstić information content (AvgIpc) is 2.42. The highest BCUT2D eigenvalue weighted by molar-refractivity contribution is 5.47. The predicted octanol–water partition coefficient (Wildman–Crippen LogP) is 2.52. The summed E-state index contributed by atoms with van der Waals surface area (Å²) in [6.07, 6.45) is 1.49. The first-order valence-corrected chi connectivity index (χ1v) is 5.73. The lowest BCUT2D eigenvalue weighted by molar-refractivity contribution is 0.457. The number of nitrogens with zero attached hydrogens (tertiary/aromatic N) is 1. The lowest BCUT2D eigenvalue weighted by Gasteiger charge is -2.10. The van der Waals surface area contributed by atoms with Gasteiger partial charge in [-0.15, -0.1) is 0 Å². The normalized spacial score (nSPS) is 10.6. The van der Waals surface area contributed by atoms with Gasteiger partial charge in [0.25, 0.3) is 5.56 Å².